The molecule has 192 valence electrons. The Balaban J connectivity index is 1.34. The Hall–Kier alpha value is -2.06. The predicted octanol–water partition coefficient (Wildman–Crippen LogP) is 7.16. The number of thioether (sulfide) groups is 1. The van der Waals surface area contributed by atoms with Crippen LogP contribution in [0.1, 0.15) is 31.0 Å². The van der Waals surface area contributed by atoms with E-state index < -0.39 is 18.1 Å². The minimum absolute atomic E-state index is 0.0645. The van der Waals surface area contributed by atoms with Gasteiger partial charge in [-0.25, -0.2) is 4.39 Å². The third kappa shape index (κ3) is 6.43. The number of aliphatic carboxylic acids is 1. The van der Waals surface area contributed by atoms with Crippen molar-refractivity contribution in [2.75, 3.05) is 32.5 Å². The summed E-state index contributed by atoms with van der Waals surface area (Å²) in [5.74, 6) is 0.00339. The zero-order valence-electron chi connectivity index (χ0n) is 20.0. The van der Waals surface area contributed by atoms with Gasteiger partial charge >= 0.3 is 5.97 Å². The van der Waals surface area contributed by atoms with Crippen molar-refractivity contribution in [2.24, 2.45) is 11.8 Å². The zero-order chi connectivity index (χ0) is 25.7. The van der Waals surface area contributed by atoms with Crippen LogP contribution in [0.2, 0.25) is 10.0 Å². The van der Waals surface area contributed by atoms with Crippen LogP contribution >= 0.6 is 35.0 Å². The summed E-state index contributed by atoms with van der Waals surface area (Å²) in [5, 5.41) is 11.9. The lowest BCUT2D eigenvalue weighted by Gasteiger charge is -2.36. The maximum atomic E-state index is 15.4. The molecule has 0 aliphatic carbocycles. The van der Waals surface area contributed by atoms with Crippen LogP contribution in [0.4, 0.5) is 4.39 Å². The van der Waals surface area contributed by atoms with Crippen molar-refractivity contribution >= 4 is 51.8 Å². The molecule has 0 radical (unpaired) electrons. The van der Waals surface area contributed by atoms with Crippen LogP contribution in [0.5, 0.6) is 5.75 Å². The van der Waals surface area contributed by atoms with E-state index in [4.69, 9.17) is 27.9 Å². The lowest BCUT2D eigenvalue weighted by molar-refractivity contribution is -0.146. The van der Waals surface area contributed by atoms with E-state index in [1.165, 1.54) is 0 Å². The topological polar surface area (TPSA) is 62.7 Å². The minimum Gasteiger partial charge on any atom is -0.497 e. The average molecular weight is 552 g/mol. The molecule has 5 nitrogen and oxygen atoms in total. The van der Waals surface area contributed by atoms with Gasteiger partial charge in [-0.15, -0.1) is 11.8 Å². The standard InChI is InChI=1S/C27H29Cl2FN2O3S/c1-35-18-6-8-25-20(15-18)19(9-11-31-25)24(30)7-5-17-10-12-32(16-21(17)27(33)34)13-14-36-26-22(28)3-2-4-23(26)29/h2-4,6,8-9,11,15,17,21,24H,5,7,10,12-14,16H2,1H3,(H,33,34)/t17-,21+,24+/m1/s1. The average Bonchev–Trinajstić information content (AvgIpc) is 2.88. The van der Waals surface area contributed by atoms with Gasteiger partial charge in [0.05, 0.1) is 28.6 Å². The van der Waals surface area contributed by atoms with E-state index in [9.17, 15) is 9.90 Å². The Morgan fingerprint density at radius 3 is 2.78 bits per heavy atom. The van der Waals surface area contributed by atoms with Crippen molar-refractivity contribution in [3.63, 3.8) is 0 Å². The van der Waals surface area contributed by atoms with Gasteiger partial charge in [-0.3, -0.25) is 9.78 Å². The molecule has 0 bridgehead atoms. The van der Waals surface area contributed by atoms with Gasteiger partial charge in [-0.1, -0.05) is 29.3 Å². The normalized spacial score (nSPS) is 19.3. The fourth-order valence-corrected chi connectivity index (χ4v) is 6.55. The first-order valence-electron chi connectivity index (χ1n) is 12.0. The lowest BCUT2D eigenvalue weighted by Crippen LogP contribution is -2.44. The predicted molar refractivity (Wildman–Crippen MR) is 144 cm³/mol. The third-order valence-corrected chi connectivity index (χ3v) is 8.81. The van der Waals surface area contributed by atoms with Gasteiger partial charge in [-0.05, 0) is 73.7 Å². The Morgan fingerprint density at radius 2 is 2.06 bits per heavy atom. The van der Waals surface area contributed by atoms with Crippen molar-refractivity contribution in [1.29, 1.82) is 0 Å². The summed E-state index contributed by atoms with van der Waals surface area (Å²) in [6.07, 6.45) is 1.93. The summed E-state index contributed by atoms with van der Waals surface area (Å²) in [7, 11) is 1.58. The molecule has 36 heavy (non-hydrogen) atoms. The highest BCUT2D eigenvalue weighted by atomic mass is 35.5. The number of likely N-dealkylation sites (tertiary alicyclic amines) is 1. The summed E-state index contributed by atoms with van der Waals surface area (Å²) < 4.78 is 20.7. The Labute approximate surface area is 224 Å². The number of benzene rings is 2. The van der Waals surface area contributed by atoms with Crippen LogP contribution in [0.3, 0.4) is 0 Å². The Kier molecular flexibility index (Phi) is 9.34. The van der Waals surface area contributed by atoms with Crippen LogP contribution in [0, 0.1) is 11.8 Å². The van der Waals surface area contributed by atoms with Crippen molar-refractivity contribution in [3.8, 4) is 5.75 Å². The zero-order valence-corrected chi connectivity index (χ0v) is 22.3. The highest BCUT2D eigenvalue weighted by Crippen LogP contribution is 2.37. The number of carboxylic acids is 1. The number of methoxy groups -OCH3 is 1. The molecule has 2 aromatic carbocycles. The number of carboxylic acid groups (broad SMARTS) is 1. The van der Waals surface area contributed by atoms with E-state index in [2.05, 4.69) is 9.88 Å². The summed E-state index contributed by atoms with van der Waals surface area (Å²) >= 11 is 14.1. The second-order valence-corrected chi connectivity index (χ2v) is 10.9. The number of rotatable bonds is 10. The molecule has 4 rings (SSSR count). The SMILES string of the molecule is COc1ccc2nccc([C@@H](F)CC[C@@H]3CCN(CCSc4c(Cl)cccc4Cl)C[C@@H]3C(=O)O)c2c1. The molecule has 1 fully saturated rings. The number of ether oxygens (including phenoxy) is 1. The molecule has 0 spiro atoms. The number of fused-ring (bicyclic) bond motifs is 1. The van der Waals surface area contributed by atoms with Crippen LogP contribution in [-0.4, -0.2) is 53.5 Å². The molecule has 1 N–H and O–H groups in total. The van der Waals surface area contributed by atoms with Crippen molar-refractivity contribution in [3.05, 3.63) is 64.3 Å². The molecule has 0 unspecified atom stereocenters. The number of nitrogens with zero attached hydrogens (tertiary/aromatic N) is 2. The van der Waals surface area contributed by atoms with Gasteiger partial charge < -0.3 is 14.7 Å². The van der Waals surface area contributed by atoms with Crippen molar-refractivity contribution < 1.29 is 19.0 Å². The van der Waals surface area contributed by atoms with Crippen LogP contribution in [0.15, 0.2) is 53.6 Å². The molecular formula is C27H29Cl2FN2O3S. The van der Waals surface area contributed by atoms with Gasteiger partial charge in [0.15, 0.2) is 0 Å². The molecule has 1 aliphatic heterocycles. The first-order valence-corrected chi connectivity index (χ1v) is 13.7. The lowest BCUT2D eigenvalue weighted by atomic mass is 9.81. The molecule has 1 saturated heterocycles. The largest absolute Gasteiger partial charge is 0.497 e. The smallest absolute Gasteiger partial charge is 0.308 e. The maximum Gasteiger partial charge on any atom is 0.308 e. The van der Waals surface area contributed by atoms with Crippen LogP contribution in [-0.2, 0) is 4.79 Å². The fourth-order valence-electron chi connectivity index (χ4n) is 4.86. The number of pyridine rings is 1. The molecule has 3 aromatic rings. The highest BCUT2D eigenvalue weighted by Gasteiger charge is 2.34. The summed E-state index contributed by atoms with van der Waals surface area (Å²) in [6, 6.07) is 12.6. The highest BCUT2D eigenvalue weighted by molar-refractivity contribution is 7.99. The van der Waals surface area contributed by atoms with E-state index in [1.807, 2.05) is 24.3 Å². The number of hydrogen-bond donors (Lipinski definition) is 1. The quantitative estimate of drug-likeness (QED) is 0.270. The van der Waals surface area contributed by atoms with Crippen molar-refractivity contribution in [2.45, 2.75) is 30.3 Å². The number of halogens is 3. The van der Waals surface area contributed by atoms with Gasteiger partial charge in [-0.2, -0.15) is 0 Å². The molecule has 3 atom stereocenters. The molecule has 1 aliphatic rings. The molecule has 2 heterocycles. The van der Waals surface area contributed by atoms with E-state index in [1.54, 1.807) is 43.3 Å². The van der Waals surface area contributed by atoms with E-state index >= 15 is 4.39 Å². The fraction of sp³-hybridized carbons (Fsp3) is 0.407. The number of carbonyl (C=O) groups is 1. The molecule has 0 amide bonds. The summed E-state index contributed by atoms with van der Waals surface area (Å²) in [6.45, 7) is 1.99. The summed E-state index contributed by atoms with van der Waals surface area (Å²) in [4.78, 5) is 19.4. The molecule has 0 saturated carbocycles. The second kappa shape index (κ2) is 12.5. The van der Waals surface area contributed by atoms with Crippen molar-refractivity contribution in [1.82, 2.24) is 9.88 Å². The Morgan fingerprint density at radius 1 is 1.28 bits per heavy atom. The maximum absolute atomic E-state index is 15.4. The number of piperidine rings is 1. The van der Waals surface area contributed by atoms with Crippen LogP contribution in [0.25, 0.3) is 10.9 Å². The third-order valence-electron chi connectivity index (χ3n) is 6.84. The van der Waals surface area contributed by atoms with E-state index in [-0.39, 0.29) is 12.3 Å². The molecule has 1 aromatic heterocycles. The Bertz CT molecular complexity index is 1190. The number of alkyl halides is 1. The first-order chi connectivity index (χ1) is 17.4. The monoisotopic (exact) mass is 550 g/mol. The number of hydrogen-bond acceptors (Lipinski definition) is 5. The van der Waals surface area contributed by atoms with Gasteiger partial charge in [0.1, 0.15) is 11.9 Å². The molecular weight excluding hydrogens is 522 g/mol. The van der Waals surface area contributed by atoms with Crippen LogP contribution < -0.4 is 4.74 Å². The van der Waals surface area contributed by atoms with E-state index in [0.29, 0.717) is 39.8 Å². The number of aromatic nitrogens is 1. The second-order valence-electron chi connectivity index (χ2n) is 9.02. The van der Waals surface area contributed by atoms with Gasteiger partial charge in [0, 0.05) is 35.3 Å². The van der Waals surface area contributed by atoms with Gasteiger partial charge in [0.25, 0.3) is 0 Å². The molecule has 9 heteroatoms. The minimum atomic E-state index is -1.20. The van der Waals surface area contributed by atoms with E-state index in [0.717, 1.165) is 35.5 Å². The first kappa shape index (κ1) is 27.0. The van der Waals surface area contributed by atoms with Gasteiger partial charge in [0.2, 0.25) is 0 Å². The summed E-state index contributed by atoms with van der Waals surface area (Å²) in [5.41, 5.74) is 1.28.